The minimum absolute atomic E-state index is 0.0509. The van der Waals surface area contributed by atoms with Gasteiger partial charge in [-0.05, 0) is 59.2 Å². The van der Waals surface area contributed by atoms with E-state index in [0.29, 0.717) is 38.4 Å². The molecule has 0 spiro atoms. The Hall–Kier alpha value is -2.28. The van der Waals surface area contributed by atoms with Crippen LogP contribution in [0.5, 0.6) is 5.75 Å². The number of ether oxygens (including phenoxy) is 3. The molecule has 3 rings (SSSR count). The minimum Gasteiger partial charge on any atom is -0.490 e. The van der Waals surface area contributed by atoms with Gasteiger partial charge in [-0.2, -0.15) is 0 Å². The number of likely N-dealkylation sites (tertiary alicyclic amines) is 1. The summed E-state index contributed by atoms with van der Waals surface area (Å²) in [6, 6.07) is 5.84. The largest absolute Gasteiger partial charge is 0.490 e. The van der Waals surface area contributed by atoms with Gasteiger partial charge in [-0.15, -0.1) is 0 Å². The Morgan fingerprint density at radius 1 is 1.27 bits per heavy atom. The molecule has 1 atom stereocenters. The summed E-state index contributed by atoms with van der Waals surface area (Å²) in [4.78, 5) is 28.9. The number of amides is 2. The second-order valence-corrected chi connectivity index (χ2v) is 9.75. The molecule has 0 aliphatic carbocycles. The van der Waals surface area contributed by atoms with Crippen molar-refractivity contribution in [3.63, 3.8) is 0 Å². The van der Waals surface area contributed by atoms with Crippen molar-refractivity contribution in [2.75, 3.05) is 38.3 Å². The predicted octanol–water partition coefficient (Wildman–Crippen LogP) is 3.94. The molecule has 1 fully saturated rings. The molecule has 2 heterocycles. The SMILES string of the molecule is CCN1C(=O)C(C)(C)COc2cc(C3(OC)CCN(C(=O)OC(C)(C)C)C3)ccc21. The normalized spacial score (nSPS) is 23.6. The number of hydrogen-bond donors (Lipinski definition) is 0. The average Bonchev–Trinajstić information content (AvgIpc) is 3.08. The van der Waals surface area contributed by atoms with Crippen LogP contribution in [0.2, 0.25) is 0 Å². The van der Waals surface area contributed by atoms with Crippen LogP contribution in [0.4, 0.5) is 10.5 Å². The molecule has 1 aromatic carbocycles. The van der Waals surface area contributed by atoms with Crippen molar-refractivity contribution in [1.82, 2.24) is 4.90 Å². The zero-order chi connectivity index (χ0) is 22.3. The molecular weight excluding hydrogens is 384 g/mol. The lowest BCUT2D eigenvalue weighted by molar-refractivity contribution is -0.127. The molecule has 2 aliphatic heterocycles. The van der Waals surface area contributed by atoms with Gasteiger partial charge in [0, 0.05) is 26.6 Å². The summed E-state index contributed by atoms with van der Waals surface area (Å²) in [5, 5.41) is 0. The van der Waals surface area contributed by atoms with E-state index in [9.17, 15) is 9.59 Å². The maximum absolute atomic E-state index is 12.9. The van der Waals surface area contributed by atoms with Crippen molar-refractivity contribution in [2.24, 2.45) is 5.41 Å². The second-order valence-electron chi connectivity index (χ2n) is 9.75. The van der Waals surface area contributed by atoms with Crippen molar-refractivity contribution in [3.8, 4) is 5.75 Å². The first-order valence-electron chi connectivity index (χ1n) is 10.5. The lowest BCUT2D eigenvalue weighted by Gasteiger charge is -2.30. The maximum Gasteiger partial charge on any atom is 0.410 e. The lowest BCUT2D eigenvalue weighted by atomic mass is 9.91. The van der Waals surface area contributed by atoms with Gasteiger partial charge in [0.05, 0.1) is 17.6 Å². The standard InChI is InChI=1S/C23H34N2O5/c1-8-25-17-10-9-16(13-18(17)29-15-22(5,6)19(25)26)23(28-7)11-12-24(14-23)20(27)30-21(2,3)4/h9-10,13H,8,11-12,14-15H2,1-7H3. The molecule has 0 radical (unpaired) electrons. The highest BCUT2D eigenvalue weighted by atomic mass is 16.6. The number of carbonyl (C=O) groups excluding carboxylic acids is 2. The van der Waals surface area contributed by atoms with Crippen molar-refractivity contribution < 1.29 is 23.8 Å². The van der Waals surface area contributed by atoms with Crippen molar-refractivity contribution in [3.05, 3.63) is 23.8 Å². The van der Waals surface area contributed by atoms with E-state index in [0.717, 1.165) is 11.3 Å². The first-order valence-corrected chi connectivity index (χ1v) is 10.5. The van der Waals surface area contributed by atoms with Crippen LogP contribution in [-0.2, 0) is 19.9 Å². The van der Waals surface area contributed by atoms with Crippen LogP contribution in [0.3, 0.4) is 0 Å². The van der Waals surface area contributed by atoms with Gasteiger partial charge in [0.1, 0.15) is 23.6 Å². The summed E-state index contributed by atoms with van der Waals surface area (Å²) >= 11 is 0. The molecule has 0 aromatic heterocycles. The summed E-state index contributed by atoms with van der Waals surface area (Å²) in [5.41, 5.74) is -0.0909. The molecule has 0 N–H and O–H groups in total. The van der Waals surface area contributed by atoms with Crippen LogP contribution >= 0.6 is 0 Å². The van der Waals surface area contributed by atoms with E-state index in [1.807, 2.05) is 59.7 Å². The topological polar surface area (TPSA) is 68.3 Å². The third kappa shape index (κ3) is 4.13. The summed E-state index contributed by atoms with van der Waals surface area (Å²) in [6.45, 7) is 13.2. The summed E-state index contributed by atoms with van der Waals surface area (Å²) in [6.07, 6.45) is 0.320. The van der Waals surface area contributed by atoms with Gasteiger partial charge < -0.3 is 24.0 Å². The maximum atomic E-state index is 12.9. The fraction of sp³-hybridized carbons (Fsp3) is 0.652. The first-order chi connectivity index (χ1) is 13.9. The van der Waals surface area contributed by atoms with E-state index in [1.54, 1.807) is 16.9 Å². The number of rotatable bonds is 3. The smallest absolute Gasteiger partial charge is 0.410 e. The van der Waals surface area contributed by atoms with E-state index >= 15 is 0 Å². The quantitative estimate of drug-likeness (QED) is 0.744. The predicted molar refractivity (Wildman–Crippen MR) is 115 cm³/mol. The number of hydrogen-bond acceptors (Lipinski definition) is 5. The zero-order valence-electron chi connectivity index (χ0n) is 19.2. The summed E-state index contributed by atoms with van der Waals surface area (Å²) in [7, 11) is 1.66. The Morgan fingerprint density at radius 3 is 2.57 bits per heavy atom. The number of methoxy groups -OCH3 is 1. The fourth-order valence-electron chi connectivity index (χ4n) is 4.03. The van der Waals surface area contributed by atoms with Gasteiger partial charge in [0.2, 0.25) is 5.91 Å². The van der Waals surface area contributed by atoms with Gasteiger partial charge >= 0.3 is 6.09 Å². The van der Waals surface area contributed by atoms with Gasteiger partial charge in [-0.1, -0.05) is 6.07 Å². The average molecular weight is 419 g/mol. The number of carbonyl (C=O) groups is 2. The van der Waals surface area contributed by atoms with Crippen LogP contribution in [0.15, 0.2) is 18.2 Å². The molecule has 7 nitrogen and oxygen atoms in total. The van der Waals surface area contributed by atoms with Gasteiger partial charge in [0.25, 0.3) is 0 Å². The van der Waals surface area contributed by atoms with Gasteiger partial charge in [0.15, 0.2) is 0 Å². The van der Waals surface area contributed by atoms with Crippen LogP contribution in [0, 0.1) is 5.41 Å². The highest BCUT2D eigenvalue weighted by molar-refractivity contribution is 5.99. The van der Waals surface area contributed by atoms with Gasteiger partial charge in [-0.25, -0.2) is 4.79 Å². The molecule has 1 saturated heterocycles. The Kier molecular flexibility index (Phi) is 5.80. The van der Waals surface area contributed by atoms with Crippen molar-refractivity contribution >= 4 is 17.7 Å². The third-order valence-corrected chi connectivity index (χ3v) is 5.78. The molecule has 0 bridgehead atoms. The number of benzene rings is 1. The molecular formula is C23H34N2O5. The molecule has 0 saturated carbocycles. The first kappa shape index (κ1) is 22.4. The number of fused-ring (bicyclic) bond motifs is 1. The molecule has 2 amide bonds. The second kappa shape index (κ2) is 7.76. The zero-order valence-corrected chi connectivity index (χ0v) is 19.2. The van der Waals surface area contributed by atoms with Crippen LogP contribution < -0.4 is 9.64 Å². The van der Waals surface area contributed by atoms with E-state index in [1.165, 1.54) is 0 Å². The van der Waals surface area contributed by atoms with Crippen molar-refractivity contribution in [2.45, 2.75) is 59.2 Å². The third-order valence-electron chi connectivity index (χ3n) is 5.78. The number of nitrogens with zero attached hydrogens (tertiary/aromatic N) is 2. The van der Waals surface area contributed by atoms with Crippen LogP contribution in [0.1, 0.15) is 53.5 Å². The Bertz CT molecular complexity index is 829. The van der Waals surface area contributed by atoms with E-state index in [2.05, 4.69) is 0 Å². The van der Waals surface area contributed by atoms with Gasteiger partial charge in [-0.3, -0.25) is 4.79 Å². The molecule has 1 unspecified atom stereocenters. The summed E-state index contributed by atoms with van der Waals surface area (Å²) < 4.78 is 17.5. The van der Waals surface area contributed by atoms with Crippen LogP contribution in [-0.4, -0.2) is 55.9 Å². The van der Waals surface area contributed by atoms with Crippen molar-refractivity contribution in [1.29, 1.82) is 0 Å². The molecule has 1 aromatic rings. The lowest BCUT2D eigenvalue weighted by Crippen LogP contribution is -2.42. The summed E-state index contributed by atoms with van der Waals surface area (Å²) in [5.74, 6) is 0.718. The van der Waals surface area contributed by atoms with E-state index in [4.69, 9.17) is 14.2 Å². The highest BCUT2D eigenvalue weighted by Gasteiger charge is 2.44. The molecule has 7 heteroatoms. The van der Waals surface area contributed by atoms with Crippen LogP contribution in [0.25, 0.3) is 0 Å². The molecule has 30 heavy (non-hydrogen) atoms. The Balaban J connectivity index is 1.90. The Labute approximate surface area is 179 Å². The fourth-order valence-corrected chi connectivity index (χ4v) is 4.03. The minimum atomic E-state index is -0.641. The molecule has 2 aliphatic rings. The van der Waals surface area contributed by atoms with E-state index < -0.39 is 16.6 Å². The monoisotopic (exact) mass is 418 g/mol. The molecule has 166 valence electrons. The number of anilines is 1. The Morgan fingerprint density at radius 2 is 1.97 bits per heavy atom. The highest BCUT2D eigenvalue weighted by Crippen LogP contribution is 2.42. The van der Waals surface area contributed by atoms with E-state index in [-0.39, 0.29) is 12.0 Å².